The monoisotopic (exact) mass is 384 g/mol. The average Bonchev–Trinajstić information content (AvgIpc) is 3.30. The van der Waals surface area contributed by atoms with Crippen LogP contribution in [0.25, 0.3) is 0 Å². The number of allylic oxidation sites excluding steroid dienone is 4. The van der Waals surface area contributed by atoms with E-state index < -0.39 is 41.4 Å². The largest absolute Gasteiger partial charge is 0.492 e. The van der Waals surface area contributed by atoms with Gasteiger partial charge in [-0.05, 0) is 41.0 Å². The molecule has 0 unspecified atom stereocenters. The zero-order valence-corrected chi connectivity index (χ0v) is 14.8. The Labute approximate surface area is 159 Å². The molecule has 1 aromatic carbocycles. The van der Waals surface area contributed by atoms with Crippen LogP contribution in [0.4, 0.5) is 0 Å². The van der Waals surface area contributed by atoms with E-state index in [1.54, 1.807) is 12.1 Å². The van der Waals surface area contributed by atoms with Gasteiger partial charge in [-0.1, -0.05) is 0 Å². The van der Waals surface area contributed by atoms with Gasteiger partial charge >= 0.3 is 5.97 Å². The number of Topliss-reactive ketones (excluding diaryl/α,β-unsaturated/α-hetero) is 1. The maximum atomic E-state index is 12.5. The number of aliphatic hydroxyl groups excluding tert-OH is 1. The maximum absolute atomic E-state index is 12.5. The van der Waals surface area contributed by atoms with Gasteiger partial charge in [0.25, 0.3) is 5.78 Å². The Hall–Kier alpha value is -3.13. The van der Waals surface area contributed by atoms with Gasteiger partial charge in [0.05, 0.1) is 25.7 Å². The fourth-order valence-electron chi connectivity index (χ4n) is 4.46. The molecule has 2 aliphatic heterocycles. The van der Waals surface area contributed by atoms with Crippen molar-refractivity contribution in [3.05, 3.63) is 46.7 Å². The molecular weight excluding hydrogens is 368 g/mol. The number of methoxy groups -OCH3 is 1. The van der Waals surface area contributed by atoms with Gasteiger partial charge < -0.3 is 24.1 Å². The number of ketones is 2. The summed E-state index contributed by atoms with van der Waals surface area (Å²) in [5, 5.41) is 10.9. The number of hydrogen-bond acceptors (Lipinski definition) is 8. The van der Waals surface area contributed by atoms with E-state index in [4.69, 9.17) is 18.9 Å². The van der Waals surface area contributed by atoms with Crippen LogP contribution in [0.2, 0.25) is 0 Å². The van der Waals surface area contributed by atoms with Crippen molar-refractivity contribution in [1.29, 1.82) is 0 Å². The number of ether oxygens (including phenoxy) is 4. The summed E-state index contributed by atoms with van der Waals surface area (Å²) in [5.41, 5.74) is 1.69. The van der Waals surface area contributed by atoms with Crippen LogP contribution in [0.1, 0.15) is 23.1 Å². The number of rotatable bonds is 2. The van der Waals surface area contributed by atoms with Crippen LogP contribution in [-0.4, -0.2) is 43.2 Å². The van der Waals surface area contributed by atoms with E-state index in [1.165, 1.54) is 19.3 Å². The van der Waals surface area contributed by atoms with Crippen molar-refractivity contribution in [1.82, 2.24) is 0 Å². The molecule has 4 aliphatic rings. The third-order valence-electron chi connectivity index (χ3n) is 5.77. The Morgan fingerprint density at radius 3 is 2.46 bits per heavy atom. The summed E-state index contributed by atoms with van der Waals surface area (Å²) < 4.78 is 21.2. The molecule has 2 aliphatic carbocycles. The van der Waals surface area contributed by atoms with E-state index >= 15 is 0 Å². The average molecular weight is 384 g/mol. The summed E-state index contributed by atoms with van der Waals surface area (Å²) in [5.74, 6) is -2.73. The zero-order chi connectivity index (χ0) is 19.6. The van der Waals surface area contributed by atoms with Crippen LogP contribution in [-0.2, 0) is 23.9 Å². The van der Waals surface area contributed by atoms with Gasteiger partial charge in [-0.3, -0.25) is 14.4 Å². The molecule has 2 heterocycles. The van der Waals surface area contributed by atoms with Crippen LogP contribution < -0.4 is 9.47 Å². The molecule has 0 radical (unpaired) electrons. The van der Waals surface area contributed by atoms with Crippen molar-refractivity contribution in [2.75, 3.05) is 20.5 Å². The first kappa shape index (κ1) is 17.0. The summed E-state index contributed by atoms with van der Waals surface area (Å²) in [6, 6.07) is 3.42. The molecule has 1 aromatic rings. The van der Waals surface area contributed by atoms with Crippen LogP contribution in [0.3, 0.4) is 0 Å². The highest BCUT2D eigenvalue weighted by Crippen LogP contribution is 2.54. The lowest BCUT2D eigenvalue weighted by molar-refractivity contribution is -0.141. The lowest BCUT2D eigenvalue weighted by atomic mass is 9.65. The lowest BCUT2D eigenvalue weighted by Gasteiger charge is -2.37. The minimum absolute atomic E-state index is 0.0668. The number of carbonyl (C=O) groups excluding carboxylic acids is 3. The quantitative estimate of drug-likeness (QED) is 0.456. The normalized spacial score (nSPS) is 30.3. The van der Waals surface area contributed by atoms with Crippen LogP contribution in [0.15, 0.2) is 35.6 Å². The predicted molar refractivity (Wildman–Crippen MR) is 91.4 cm³/mol. The molecule has 5 rings (SSSR count). The van der Waals surface area contributed by atoms with Crippen LogP contribution >= 0.6 is 0 Å². The Morgan fingerprint density at radius 2 is 1.75 bits per heavy atom. The molecule has 1 saturated heterocycles. The third kappa shape index (κ3) is 2.24. The second-order valence-corrected chi connectivity index (χ2v) is 7.13. The van der Waals surface area contributed by atoms with Crippen molar-refractivity contribution in [2.24, 2.45) is 11.8 Å². The Bertz CT molecular complexity index is 988. The van der Waals surface area contributed by atoms with Crippen LogP contribution in [0.5, 0.6) is 11.5 Å². The molecule has 0 amide bonds. The molecular formula is C20H16O8. The number of fused-ring (bicyclic) bond motifs is 3. The lowest BCUT2D eigenvalue weighted by Crippen LogP contribution is -2.35. The number of aliphatic hydroxyl groups is 1. The minimum atomic E-state index is -0.926. The molecule has 144 valence electrons. The molecule has 1 fully saturated rings. The summed E-state index contributed by atoms with van der Waals surface area (Å²) in [6.07, 6.45) is 1.78. The first-order valence-corrected chi connectivity index (χ1v) is 8.83. The number of carbonyl (C=O) groups is 3. The molecule has 0 saturated carbocycles. The fourth-order valence-corrected chi connectivity index (χ4v) is 4.46. The van der Waals surface area contributed by atoms with E-state index in [-0.39, 0.29) is 19.2 Å². The second-order valence-electron chi connectivity index (χ2n) is 7.13. The van der Waals surface area contributed by atoms with Crippen molar-refractivity contribution < 1.29 is 38.4 Å². The highest BCUT2D eigenvalue weighted by molar-refractivity contribution is 6.47. The Morgan fingerprint density at radius 1 is 1.04 bits per heavy atom. The van der Waals surface area contributed by atoms with Crippen molar-refractivity contribution >= 4 is 17.5 Å². The zero-order valence-electron chi connectivity index (χ0n) is 14.8. The van der Waals surface area contributed by atoms with Gasteiger partial charge in [0, 0.05) is 11.8 Å². The topological polar surface area (TPSA) is 108 Å². The fraction of sp³-hybridized carbons (Fsp3) is 0.350. The minimum Gasteiger partial charge on any atom is -0.492 e. The molecule has 0 bridgehead atoms. The molecule has 28 heavy (non-hydrogen) atoms. The standard InChI is InChI=1S/C20H16O8/c1-25-15-3-8(2-12(21)19(15)23)16-9-4-13-14(28-7-27-13)5-10(9)18(22)11-6-26-20(24)17(11)16/h2-5,11,16-18,22H,6-7H2,1H3/t11-,16+,17-,18+/m1/s1. The number of cyclic esters (lactones) is 1. The van der Waals surface area contributed by atoms with Crippen molar-refractivity contribution in [3.8, 4) is 11.5 Å². The molecule has 4 atom stereocenters. The van der Waals surface area contributed by atoms with E-state index in [0.29, 0.717) is 28.2 Å². The summed E-state index contributed by atoms with van der Waals surface area (Å²) in [4.78, 5) is 36.7. The van der Waals surface area contributed by atoms with E-state index in [2.05, 4.69) is 0 Å². The predicted octanol–water partition coefficient (Wildman–Crippen LogP) is 0.944. The van der Waals surface area contributed by atoms with Crippen LogP contribution in [0, 0.1) is 11.8 Å². The van der Waals surface area contributed by atoms with E-state index in [0.717, 1.165) is 0 Å². The Balaban J connectivity index is 1.72. The summed E-state index contributed by atoms with van der Waals surface area (Å²) in [6.45, 7) is 0.146. The van der Waals surface area contributed by atoms with E-state index in [1.807, 2.05) is 0 Å². The summed E-state index contributed by atoms with van der Waals surface area (Å²) in [7, 11) is 1.31. The van der Waals surface area contributed by atoms with Gasteiger partial charge in [-0.15, -0.1) is 0 Å². The van der Waals surface area contributed by atoms with Gasteiger partial charge in [0.15, 0.2) is 17.3 Å². The SMILES string of the molecule is COC1=CC([C@H]2c3cc4c(cc3[C@H](O)[C@@H]3COC(=O)[C@H]32)OCO4)=CC(=O)C1=O. The first-order chi connectivity index (χ1) is 13.5. The highest BCUT2D eigenvalue weighted by atomic mass is 16.7. The molecule has 8 nitrogen and oxygen atoms in total. The maximum Gasteiger partial charge on any atom is 0.310 e. The van der Waals surface area contributed by atoms with Gasteiger partial charge in [-0.2, -0.15) is 0 Å². The number of hydrogen-bond donors (Lipinski definition) is 1. The molecule has 0 aromatic heterocycles. The molecule has 8 heteroatoms. The highest BCUT2D eigenvalue weighted by Gasteiger charge is 2.52. The van der Waals surface area contributed by atoms with Gasteiger partial charge in [-0.25, -0.2) is 0 Å². The van der Waals surface area contributed by atoms with Crippen molar-refractivity contribution in [3.63, 3.8) is 0 Å². The molecule has 0 spiro atoms. The van der Waals surface area contributed by atoms with E-state index in [9.17, 15) is 19.5 Å². The third-order valence-corrected chi connectivity index (χ3v) is 5.77. The summed E-state index contributed by atoms with van der Waals surface area (Å²) >= 11 is 0. The number of esters is 1. The second kappa shape index (κ2) is 5.93. The molecule has 1 N–H and O–H groups in total. The van der Waals surface area contributed by atoms with Crippen molar-refractivity contribution in [2.45, 2.75) is 12.0 Å². The smallest absolute Gasteiger partial charge is 0.310 e. The first-order valence-electron chi connectivity index (χ1n) is 8.83. The Kier molecular flexibility index (Phi) is 3.60. The number of benzene rings is 1. The van der Waals surface area contributed by atoms with Gasteiger partial charge in [0.2, 0.25) is 12.6 Å². The van der Waals surface area contributed by atoms with Gasteiger partial charge in [0.1, 0.15) is 0 Å².